The maximum Gasteiger partial charge on any atom is 0.237 e. The standard InChI is InChI=1S/C21H17ClN4O2S/c1-14(20(27)23-16-8-5-7-15(22)13-16)29-21-25-24-19(18-11-6-12-28-18)26(21)17-9-3-2-4-10-17/h2-14H,1H3,(H,23,27)/t14-/m0/s1. The Balaban J connectivity index is 1.60. The number of rotatable bonds is 6. The molecule has 0 saturated heterocycles. The highest BCUT2D eigenvalue weighted by molar-refractivity contribution is 8.00. The molecule has 2 aromatic carbocycles. The van der Waals surface area contributed by atoms with Crippen LogP contribution in [0.4, 0.5) is 5.69 Å². The predicted molar refractivity (Wildman–Crippen MR) is 114 cm³/mol. The van der Waals surface area contributed by atoms with Crippen LogP contribution in [-0.4, -0.2) is 25.9 Å². The minimum Gasteiger partial charge on any atom is -0.461 e. The molecule has 4 rings (SSSR count). The number of hydrogen-bond acceptors (Lipinski definition) is 5. The molecule has 0 fully saturated rings. The van der Waals surface area contributed by atoms with Gasteiger partial charge in [-0.25, -0.2) is 0 Å². The van der Waals surface area contributed by atoms with Crippen LogP contribution >= 0.6 is 23.4 Å². The van der Waals surface area contributed by atoms with Gasteiger partial charge in [0, 0.05) is 16.4 Å². The number of thioether (sulfide) groups is 1. The fourth-order valence-corrected chi connectivity index (χ4v) is 3.80. The summed E-state index contributed by atoms with van der Waals surface area (Å²) in [7, 11) is 0. The van der Waals surface area contributed by atoms with Crippen molar-refractivity contribution in [3.05, 3.63) is 78.0 Å². The summed E-state index contributed by atoms with van der Waals surface area (Å²) < 4.78 is 7.39. The number of halogens is 1. The van der Waals surface area contributed by atoms with Crippen LogP contribution in [0.2, 0.25) is 5.02 Å². The Labute approximate surface area is 176 Å². The molecule has 0 aliphatic carbocycles. The second-order valence-corrected chi connectivity index (χ2v) is 7.96. The number of carbonyl (C=O) groups is 1. The third-order valence-electron chi connectivity index (χ3n) is 4.13. The fraction of sp³-hybridized carbons (Fsp3) is 0.0952. The molecule has 0 aliphatic heterocycles. The molecule has 0 bridgehead atoms. The maximum absolute atomic E-state index is 12.7. The second kappa shape index (κ2) is 8.55. The number of aromatic nitrogens is 3. The van der Waals surface area contributed by atoms with Gasteiger partial charge in [0.25, 0.3) is 0 Å². The first-order valence-electron chi connectivity index (χ1n) is 8.89. The zero-order valence-electron chi connectivity index (χ0n) is 15.4. The number of nitrogens with one attached hydrogen (secondary N) is 1. The number of benzene rings is 2. The number of hydrogen-bond donors (Lipinski definition) is 1. The molecule has 0 aliphatic rings. The lowest BCUT2D eigenvalue weighted by Gasteiger charge is -2.13. The van der Waals surface area contributed by atoms with Gasteiger partial charge in [-0.15, -0.1) is 10.2 Å². The van der Waals surface area contributed by atoms with Gasteiger partial charge in [-0.3, -0.25) is 9.36 Å². The molecular formula is C21H17ClN4O2S. The average Bonchev–Trinajstić information content (AvgIpc) is 3.38. The van der Waals surface area contributed by atoms with Gasteiger partial charge >= 0.3 is 0 Å². The van der Waals surface area contributed by atoms with Gasteiger partial charge in [0.2, 0.25) is 11.7 Å². The van der Waals surface area contributed by atoms with Crippen LogP contribution in [0.15, 0.2) is 82.6 Å². The van der Waals surface area contributed by atoms with E-state index in [0.29, 0.717) is 27.5 Å². The fourth-order valence-electron chi connectivity index (χ4n) is 2.74. The van der Waals surface area contributed by atoms with Crippen molar-refractivity contribution in [2.45, 2.75) is 17.3 Å². The topological polar surface area (TPSA) is 73.0 Å². The summed E-state index contributed by atoms with van der Waals surface area (Å²) in [5.74, 6) is 1.02. The number of amides is 1. The summed E-state index contributed by atoms with van der Waals surface area (Å²) in [6.07, 6.45) is 1.59. The summed E-state index contributed by atoms with van der Waals surface area (Å²) >= 11 is 7.31. The molecule has 2 aromatic heterocycles. The highest BCUT2D eigenvalue weighted by Crippen LogP contribution is 2.30. The summed E-state index contributed by atoms with van der Waals surface area (Å²) in [5.41, 5.74) is 1.53. The lowest BCUT2D eigenvalue weighted by atomic mass is 10.3. The van der Waals surface area contributed by atoms with E-state index in [1.807, 2.05) is 47.9 Å². The lowest BCUT2D eigenvalue weighted by Crippen LogP contribution is -2.22. The van der Waals surface area contributed by atoms with Crippen LogP contribution in [0.3, 0.4) is 0 Å². The van der Waals surface area contributed by atoms with Crippen molar-refractivity contribution in [1.29, 1.82) is 0 Å². The number of nitrogens with zero attached hydrogens (tertiary/aromatic N) is 3. The smallest absolute Gasteiger partial charge is 0.237 e. The van der Waals surface area contributed by atoms with E-state index in [0.717, 1.165) is 5.69 Å². The van der Waals surface area contributed by atoms with Gasteiger partial charge in [0.05, 0.1) is 11.5 Å². The first-order valence-corrected chi connectivity index (χ1v) is 10.2. The van der Waals surface area contributed by atoms with Crippen molar-refractivity contribution in [1.82, 2.24) is 14.8 Å². The van der Waals surface area contributed by atoms with Crippen molar-refractivity contribution < 1.29 is 9.21 Å². The second-order valence-electron chi connectivity index (χ2n) is 6.21. The summed E-state index contributed by atoms with van der Waals surface area (Å²) in [6, 6.07) is 20.4. The summed E-state index contributed by atoms with van der Waals surface area (Å²) in [5, 5.41) is 12.2. The van der Waals surface area contributed by atoms with Gasteiger partial charge in [0.1, 0.15) is 0 Å². The molecule has 4 aromatic rings. The molecule has 1 atom stereocenters. The van der Waals surface area contributed by atoms with E-state index in [1.54, 1.807) is 36.6 Å². The lowest BCUT2D eigenvalue weighted by molar-refractivity contribution is -0.115. The van der Waals surface area contributed by atoms with E-state index >= 15 is 0 Å². The normalized spacial score (nSPS) is 11.9. The van der Waals surface area contributed by atoms with Gasteiger partial charge < -0.3 is 9.73 Å². The Kier molecular flexibility index (Phi) is 5.69. The Morgan fingerprint density at radius 2 is 1.93 bits per heavy atom. The van der Waals surface area contributed by atoms with Crippen LogP contribution in [0.1, 0.15) is 6.92 Å². The van der Waals surface area contributed by atoms with Gasteiger partial charge in [0.15, 0.2) is 10.9 Å². The third kappa shape index (κ3) is 4.36. The van der Waals surface area contributed by atoms with E-state index in [4.69, 9.17) is 16.0 Å². The van der Waals surface area contributed by atoms with E-state index < -0.39 is 5.25 Å². The largest absolute Gasteiger partial charge is 0.461 e. The Morgan fingerprint density at radius 3 is 2.66 bits per heavy atom. The maximum atomic E-state index is 12.7. The Hall–Kier alpha value is -3.03. The zero-order chi connectivity index (χ0) is 20.2. The first kappa shape index (κ1) is 19.3. The van der Waals surface area contributed by atoms with E-state index in [2.05, 4.69) is 15.5 Å². The molecule has 0 spiro atoms. The van der Waals surface area contributed by atoms with Gasteiger partial charge in [-0.1, -0.05) is 47.6 Å². The van der Waals surface area contributed by atoms with Crippen LogP contribution in [0, 0.1) is 0 Å². The molecule has 1 N–H and O–H groups in total. The molecule has 0 radical (unpaired) electrons. The molecule has 0 saturated carbocycles. The minimum absolute atomic E-state index is 0.153. The van der Waals surface area contributed by atoms with Crippen molar-refractivity contribution in [2.24, 2.45) is 0 Å². The van der Waals surface area contributed by atoms with E-state index in [-0.39, 0.29) is 5.91 Å². The van der Waals surface area contributed by atoms with Crippen LogP contribution in [-0.2, 0) is 4.79 Å². The van der Waals surface area contributed by atoms with Crippen molar-refractivity contribution >= 4 is 35.0 Å². The molecule has 146 valence electrons. The SMILES string of the molecule is C[C@H](Sc1nnc(-c2ccco2)n1-c1ccccc1)C(=O)Nc1cccc(Cl)c1. The number of para-hydroxylation sites is 1. The molecule has 8 heteroatoms. The van der Waals surface area contributed by atoms with Crippen molar-refractivity contribution in [2.75, 3.05) is 5.32 Å². The zero-order valence-corrected chi connectivity index (χ0v) is 17.0. The number of furan rings is 1. The number of carbonyl (C=O) groups excluding carboxylic acids is 1. The Morgan fingerprint density at radius 1 is 1.10 bits per heavy atom. The van der Waals surface area contributed by atoms with Gasteiger partial charge in [-0.2, -0.15) is 0 Å². The third-order valence-corrected chi connectivity index (χ3v) is 5.41. The first-order chi connectivity index (χ1) is 14.1. The molecule has 1 amide bonds. The van der Waals surface area contributed by atoms with Crippen molar-refractivity contribution in [3.8, 4) is 17.3 Å². The monoisotopic (exact) mass is 424 g/mol. The highest BCUT2D eigenvalue weighted by atomic mass is 35.5. The van der Waals surface area contributed by atoms with Crippen LogP contribution in [0.5, 0.6) is 0 Å². The van der Waals surface area contributed by atoms with Crippen LogP contribution in [0.25, 0.3) is 17.3 Å². The molecule has 6 nitrogen and oxygen atoms in total. The van der Waals surface area contributed by atoms with Crippen molar-refractivity contribution in [3.63, 3.8) is 0 Å². The average molecular weight is 425 g/mol. The molecule has 29 heavy (non-hydrogen) atoms. The molecular weight excluding hydrogens is 408 g/mol. The van der Waals surface area contributed by atoms with Gasteiger partial charge in [-0.05, 0) is 49.4 Å². The minimum atomic E-state index is -0.412. The van der Waals surface area contributed by atoms with E-state index in [9.17, 15) is 4.79 Å². The quantitative estimate of drug-likeness (QED) is 0.425. The summed E-state index contributed by atoms with van der Waals surface area (Å²) in [6.45, 7) is 1.82. The molecule has 0 unspecified atom stereocenters. The number of anilines is 1. The van der Waals surface area contributed by atoms with E-state index in [1.165, 1.54) is 11.8 Å². The highest BCUT2D eigenvalue weighted by Gasteiger charge is 2.23. The molecule has 2 heterocycles. The summed E-state index contributed by atoms with van der Waals surface area (Å²) in [4.78, 5) is 12.7. The Bertz CT molecular complexity index is 1110. The van der Waals surface area contributed by atoms with Crippen LogP contribution < -0.4 is 5.32 Å². The predicted octanol–water partition coefficient (Wildman–Crippen LogP) is 5.30.